The fraction of sp³-hybridized carbons (Fsp3) is 0.571. The molecule has 1 aromatic rings. The molecular weight excluding hydrogens is 217 g/mol. The van der Waals surface area contributed by atoms with E-state index in [4.69, 9.17) is 4.74 Å². The average molecular weight is 235 g/mol. The van der Waals surface area contributed by atoms with Gasteiger partial charge in [-0.15, -0.1) is 0 Å². The van der Waals surface area contributed by atoms with Crippen molar-refractivity contribution in [1.29, 1.82) is 0 Å². The third-order valence-corrected chi connectivity index (χ3v) is 3.85. The van der Waals surface area contributed by atoms with E-state index in [1.165, 1.54) is 5.56 Å². The van der Waals surface area contributed by atoms with Crippen molar-refractivity contribution in [1.82, 2.24) is 5.32 Å². The van der Waals surface area contributed by atoms with Crippen molar-refractivity contribution in [3.8, 4) is 5.75 Å². The molecule has 0 radical (unpaired) electrons. The van der Waals surface area contributed by atoms with E-state index in [0.717, 1.165) is 50.1 Å². The van der Waals surface area contributed by atoms with E-state index in [1.807, 2.05) is 6.07 Å². The fourth-order valence-electron chi connectivity index (χ4n) is 2.86. The van der Waals surface area contributed by atoms with E-state index in [9.17, 15) is 4.39 Å². The lowest BCUT2D eigenvalue weighted by atomic mass is 9.89. The van der Waals surface area contributed by atoms with Crippen LogP contribution in [0.25, 0.3) is 0 Å². The van der Waals surface area contributed by atoms with Gasteiger partial charge in [0.25, 0.3) is 0 Å². The zero-order valence-electron chi connectivity index (χ0n) is 9.97. The lowest BCUT2D eigenvalue weighted by Crippen LogP contribution is -2.28. The van der Waals surface area contributed by atoms with E-state index in [0.29, 0.717) is 12.5 Å². The van der Waals surface area contributed by atoms with Gasteiger partial charge < -0.3 is 10.1 Å². The second-order valence-electron chi connectivity index (χ2n) is 5.01. The third-order valence-electron chi connectivity index (χ3n) is 3.85. The number of benzene rings is 1. The first-order valence-electron chi connectivity index (χ1n) is 6.48. The van der Waals surface area contributed by atoms with Crippen molar-refractivity contribution >= 4 is 0 Å². The van der Waals surface area contributed by atoms with E-state index in [1.54, 1.807) is 6.07 Å². The summed E-state index contributed by atoms with van der Waals surface area (Å²) in [5.41, 5.74) is 1.99. The Morgan fingerprint density at radius 1 is 1.29 bits per heavy atom. The number of ether oxygens (including phenoxy) is 1. The molecule has 2 heterocycles. The summed E-state index contributed by atoms with van der Waals surface area (Å²) < 4.78 is 19.5. The molecule has 0 unspecified atom stereocenters. The van der Waals surface area contributed by atoms with Gasteiger partial charge in [0.1, 0.15) is 11.6 Å². The van der Waals surface area contributed by atoms with Gasteiger partial charge in [-0.2, -0.15) is 0 Å². The minimum Gasteiger partial charge on any atom is -0.493 e. The molecule has 0 aliphatic carbocycles. The number of hydrogen-bond acceptors (Lipinski definition) is 2. The van der Waals surface area contributed by atoms with Gasteiger partial charge in [-0.25, -0.2) is 4.39 Å². The molecule has 92 valence electrons. The number of fused-ring (bicyclic) bond motifs is 1. The molecular formula is C14H18FNO. The molecule has 0 aromatic heterocycles. The standard InChI is InChI=1S/C14H18FNO/c15-13-2-1-11-5-8-17-14(11)12(13)9-10-3-6-16-7-4-10/h1-2,10,16H,3-9H2. The van der Waals surface area contributed by atoms with E-state index < -0.39 is 0 Å². The maximum Gasteiger partial charge on any atom is 0.130 e. The van der Waals surface area contributed by atoms with Gasteiger partial charge in [0.2, 0.25) is 0 Å². The van der Waals surface area contributed by atoms with Crippen molar-refractivity contribution in [2.45, 2.75) is 25.7 Å². The van der Waals surface area contributed by atoms with E-state index in [2.05, 4.69) is 5.32 Å². The molecule has 0 spiro atoms. The fourth-order valence-corrected chi connectivity index (χ4v) is 2.86. The first kappa shape index (κ1) is 11.0. The molecule has 17 heavy (non-hydrogen) atoms. The summed E-state index contributed by atoms with van der Waals surface area (Å²) in [6.45, 7) is 2.82. The minimum absolute atomic E-state index is 0.0933. The highest BCUT2D eigenvalue weighted by molar-refractivity contribution is 5.45. The van der Waals surface area contributed by atoms with Gasteiger partial charge in [-0.3, -0.25) is 0 Å². The molecule has 3 rings (SSSR count). The first-order valence-corrected chi connectivity index (χ1v) is 6.48. The number of nitrogens with one attached hydrogen (secondary N) is 1. The van der Waals surface area contributed by atoms with Gasteiger partial charge in [0.15, 0.2) is 0 Å². The topological polar surface area (TPSA) is 21.3 Å². The second kappa shape index (κ2) is 4.65. The summed E-state index contributed by atoms with van der Waals surface area (Å²) in [4.78, 5) is 0. The van der Waals surface area contributed by atoms with Gasteiger partial charge in [-0.05, 0) is 49.9 Å². The molecule has 2 aliphatic heterocycles. The Morgan fingerprint density at radius 2 is 2.12 bits per heavy atom. The summed E-state index contributed by atoms with van der Waals surface area (Å²) in [5.74, 6) is 1.34. The van der Waals surface area contributed by atoms with Crippen LogP contribution in [0.2, 0.25) is 0 Å². The summed E-state index contributed by atoms with van der Waals surface area (Å²) in [6, 6.07) is 3.47. The molecule has 2 aliphatic rings. The predicted molar refractivity (Wildman–Crippen MR) is 64.9 cm³/mol. The number of hydrogen-bond donors (Lipinski definition) is 1. The number of piperidine rings is 1. The largest absolute Gasteiger partial charge is 0.493 e. The molecule has 0 atom stereocenters. The molecule has 0 bridgehead atoms. The molecule has 1 aromatic carbocycles. The maximum atomic E-state index is 13.9. The van der Waals surface area contributed by atoms with Crippen molar-refractivity contribution < 1.29 is 9.13 Å². The van der Waals surface area contributed by atoms with E-state index >= 15 is 0 Å². The monoisotopic (exact) mass is 235 g/mol. The Kier molecular flexibility index (Phi) is 3.02. The molecule has 2 nitrogen and oxygen atoms in total. The summed E-state index contributed by atoms with van der Waals surface area (Å²) in [5, 5.41) is 3.34. The highest BCUT2D eigenvalue weighted by Gasteiger charge is 2.23. The van der Waals surface area contributed by atoms with Gasteiger partial charge >= 0.3 is 0 Å². The first-order chi connectivity index (χ1) is 8.34. The zero-order chi connectivity index (χ0) is 11.7. The van der Waals surface area contributed by atoms with Gasteiger partial charge in [-0.1, -0.05) is 6.07 Å². The van der Waals surface area contributed by atoms with Crippen LogP contribution in [-0.4, -0.2) is 19.7 Å². The Balaban J connectivity index is 1.84. The molecule has 1 fully saturated rings. The van der Waals surface area contributed by atoms with Gasteiger partial charge in [0, 0.05) is 12.0 Å². The SMILES string of the molecule is Fc1ccc2c(c1CC1CCNCC1)OCC2. The second-order valence-corrected chi connectivity index (χ2v) is 5.01. The van der Waals surface area contributed by atoms with Crippen molar-refractivity contribution in [3.05, 3.63) is 29.1 Å². The maximum absolute atomic E-state index is 13.9. The predicted octanol–water partition coefficient (Wildman–Crippen LogP) is 2.30. The Hall–Kier alpha value is -1.09. The Labute approximate surface area is 101 Å². The Morgan fingerprint density at radius 3 is 2.94 bits per heavy atom. The summed E-state index contributed by atoms with van der Waals surface area (Å²) >= 11 is 0. The van der Waals surface area contributed by atoms with Crippen LogP contribution in [-0.2, 0) is 12.8 Å². The van der Waals surface area contributed by atoms with Crippen LogP contribution in [0.5, 0.6) is 5.75 Å². The van der Waals surface area contributed by atoms with Crippen molar-refractivity contribution in [2.75, 3.05) is 19.7 Å². The van der Waals surface area contributed by atoms with Crippen LogP contribution < -0.4 is 10.1 Å². The van der Waals surface area contributed by atoms with Crippen LogP contribution in [0, 0.1) is 11.7 Å². The van der Waals surface area contributed by atoms with Crippen molar-refractivity contribution in [2.24, 2.45) is 5.92 Å². The normalized spacial score (nSPS) is 20.1. The molecule has 0 saturated carbocycles. The molecule has 3 heteroatoms. The van der Waals surface area contributed by atoms with Crippen LogP contribution >= 0.6 is 0 Å². The highest BCUT2D eigenvalue weighted by Crippen LogP contribution is 2.34. The lowest BCUT2D eigenvalue weighted by molar-refractivity contribution is 0.335. The van der Waals surface area contributed by atoms with Crippen LogP contribution in [0.1, 0.15) is 24.0 Å². The van der Waals surface area contributed by atoms with Gasteiger partial charge in [0.05, 0.1) is 6.61 Å². The van der Waals surface area contributed by atoms with E-state index in [-0.39, 0.29) is 5.82 Å². The Bertz CT molecular complexity index is 413. The summed E-state index contributed by atoms with van der Waals surface area (Å²) in [6.07, 6.45) is 4.04. The summed E-state index contributed by atoms with van der Waals surface area (Å²) in [7, 11) is 0. The molecule has 1 N–H and O–H groups in total. The number of rotatable bonds is 2. The quantitative estimate of drug-likeness (QED) is 0.849. The average Bonchev–Trinajstić information content (AvgIpc) is 2.83. The molecule has 1 saturated heterocycles. The lowest BCUT2D eigenvalue weighted by Gasteiger charge is -2.23. The van der Waals surface area contributed by atoms with Crippen LogP contribution in [0.3, 0.4) is 0 Å². The highest BCUT2D eigenvalue weighted by atomic mass is 19.1. The van der Waals surface area contributed by atoms with Crippen LogP contribution in [0.4, 0.5) is 4.39 Å². The molecule has 0 amide bonds. The van der Waals surface area contributed by atoms with Crippen molar-refractivity contribution in [3.63, 3.8) is 0 Å². The third kappa shape index (κ3) is 2.16. The minimum atomic E-state index is -0.0933. The zero-order valence-corrected chi connectivity index (χ0v) is 9.97. The van der Waals surface area contributed by atoms with Crippen LogP contribution in [0.15, 0.2) is 12.1 Å². The smallest absolute Gasteiger partial charge is 0.130 e. The number of halogens is 1.